The summed E-state index contributed by atoms with van der Waals surface area (Å²) in [6.07, 6.45) is 2.71. The maximum Gasteiger partial charge on any atom is 0.188 e. The van der Waals surface area contributed by atoms with Crippen LogP contribution in [0.25, 0.3) is 0 Å². The summed E-state index contributed by atoms with van der Waals surface area (Å²) >= 11 is 0. The van der Waals surface area contributed by atoms with E-state index in [1.807, 2.05) is 20.8 Å². The van der Waals surface area contributed by atoms with Gasteiger partial charge in [-0.1, -0.05) is 11.6 Å². The lowest BCUT2D eigenvalue weighted by molar-refractivity contribution is 0.0494. The molecule has 0 bridgehead atoms. The number of carbonyl (C=O) groups is 1. The van der Waals surface area contributed by atoms with Crippen molar-refractivity contribution in [2.45, 2.75) is 34.1 Å². The number of hydrogen-bond donors (Lipinski definition) is 1. The van der Waals surface area contributed by atoms with Gasteiger partial charge >= 0.3 is 0 Å². The molecule has 4 heteroatoms. The highest BCUT2D eigenvalue weighted by atomic mass is 16.7. The van der Waals surface area contributed by atoms with E-state index in [0.717, 1.165) is 11.1 Å². The molecule has 0 aliphatic rings. The predicted molar refractivity (Wildman–Crippen MR) is 78.5 cm³/mol. The van der Waals surface area contributed by atoms with Crippen LogP contribution in [0.15, 0.2) is 17.7 Å². The second kappa shape index (κ2) is 7.10. The average Bonchev–Trinajstić information content (AvgIpc) is 2.33. The zero-order valence-electron chi connectivity index (χ0n) is 12.7. The van der Waals surface area contributed by atoms with Crippen LogP contribution in [0.3, 0.4) is 0 Å². The molecule has 4 nitrogen and oxygen atoms in total. The summed E-state index contributed by atoms with van der Waals surface area (Å²) in [5.74, 6) is 0.128. The summed E-state index contributed by atoms with van der Waals surface area (Å²) in [5, 5.41) is 9.99. The summed E-state index contributed by atoms with van der Waals surface area (Å²) in [5.41, 5.74) is 3.17. The van der Waals surface area contributed by atoms with E-state index in [1.54, 1.807) is 6.07 Å². The van der Waals surface area contributed by atoms with Crippen molar-refractivity contribution in [2.24, 2.45) is 0 Å². The third-order valence-electron chi connectivity index (χ3n) is 2.97. The van der Waals surface area contributed by atoms with E-state index in [1.165, 1.54) is 19.6 Å². The molecule has 1 rings (SSSR count). The topological polar surface area (TPSA) is 55.8 Å². The first kappa shape index (κ1) is 16.2. The van der Waals surface area contributed by atoms with Gasteiger partial charge in [-0.25, -0.2) is 0 Å². The number of carbonyl (C=O) groups excluding carboxylic acids is 1. The largest absolute Gasteiger partial charge is 0.507 e. The quantitative estimate of drug-likeness (QED) is 0.492. The third kappa shape index (κ3) is 3.84. The van der Waals surface area contributed by atoms with E-state index in [9.17, 15) is 9.90 Å². The fourth-order valence-electron chi connectivity index (χ4n) is 1.99. The van der Waals surface area contributed by atoms with Crippen LogP contribution in [0.2, 0.25) is 0 Å². The number of methoxy groups -OCH3 is 1. The molecule has 0 aliphatic carbocycles. The van der Waals surface area contributed by atoms with Gasteiger partial charge < -0.3 is 14.6 Å². The van der Waals surface area contributed by atoms with E-state index >= 15 is 0 Å². The molecule has 0 atom stereocenters. The van der Waals surface area contributed by atoms with Crippen LogP contribution in [0.5, 0.6) is 11.5 Å². The van der Waals surface area contributed by atoms with Crippen LogP contribution in [0.4, 0.5) is 0 Å². The van der Waals surface area contributed by atoms with Crippen LogP contribution in [-0.2, 0) is 11.2 Å². The van der Waals surface area contributed by atoms with Gasteiger partial charge in [0.1, 0.15) is 17.1 Å². The Morgan fingerprint density at radius 3 is 2.50 bits per heavy atom. The number of rotatable bonds is 6. The SMILES string of the molecule is COCOc1c(CC=C(C)C)c(C)cc(O)c1C(C)=O. The van der Waals surface area contributed by atoms with Crippen molar-refractivity contribution in [3.8, 4) is 11.5 Å². The van der Waals surface area contributed by atoms with Crippen molar-refractivity contribution in [2.75, 3.05) is 13.9 Å². The monoisotopic (exact) mass is 278 g/mol. The Labute approximate surface area is 120 Å². The molecule has 20 heavy (non-hydrogen) atoms. The second-order valence-corrected chi connectivity index (χ2v) is 4.99. The van der Waals surface area contributed by atoms with E-state index < -0.39 is 0 Å². The number of phenols is 1. The van der Waals surface area contributed by atoms with Gasteiger partial charge in [0.2, 0.25) is 0 Å². The van der Waals surface area contributed by atoms with Gasteiger partial charge in [0, 0.05) is 12.7 Å². The minimum Gasteiger partial charge on any atom is -0.507 e. The Balaban J connectivity index is 3.41. The molecular weight excluding hydrogens is 256 g/mol. The van der Waals surface area contributed by atoms with Crippen LogP contribution in [0.1, 0.15) is 42.3 Å². The van der Waals surface area contributed by atoms with Crippen molar-refractivity contribution in [1.82, 2.24) is 0 Å². The lowest BCUT2D eigenvalue weighted by Gasteiger charge is -2.17. The fourth-order valence-corrected chi connectivity index (χ4v) is 1.99. The smallest absolute Gasteiger partial charge is 0.188 e. The molecule has 0 unspecified atom stereocenters. The number of Topliss-reactive ketones (excluding diaryl/α,β-unsaturated/α-hetero) is 1. The van der Waals surface area contributed by atoms with Gasteiger partial charge in [-0.3, -0.25) is 4.79 Å². The molecule has 0 fully saturated rings. The number of aromatic hydroxyl groups is 1. The number of ether oxygens (including phenoxy) is 2. The molecule has 0 aliphatic heterocycles. The molecule has 1 aromatic rings. The van der Waals surface area contributed by atoms with E-state index in [-0.39, 0.29) is 23.9 Å². The second-order valence-electron chi connectivity index (χ2n) is 4.99. The molecule has 0 aromatic heterocycles. The maximum absolute atomic E-state index is 11.8. The number of phenolic OH excluding ortho intramolecular Hbond substituents is 1. The summed E-state index contributed by atoms with van der Waals surface area (Å²) in [7, 11) is 1.51. The van der Waals surface area contributed by atoms with Crippen molar-refractivity contribution in [1.29, 1.82) is 0 Å². The first-order chi connectivity index (χ1) is 9.38. The highest BCUT2D eigenvalue weighted by Gasteiger charge is 2.20. The van der Waals surface area contributed by atoms with Crippen molar-refractivity contribution >= 4 is 5.78 Å². The molecule has 0 spiro atoms. The molecule has 1 N–H and O–H groups in total. The first-order valence-corrected chi connectivity index (χ1v) is 6.50. The lowest BCUT2D eigenvalue weighted by Crippen LogP contribution is -2.08. The van der Waals surface area contributed by atoms with Crippen LogP contribution < -0.4 is 4.74 Å². The van der Waals surface area contributed by atoms with Gasteiger partial charge in [-0.05, 0) is 45.7 Å². The van der Waals surface area contributed by atoms with Gasteiger partial charge in [-0.2, -0.15) is 0 Å². The molecule has 0 saturated heterocycles. The minimum atomic E-state index is -0.230. The fraction of sp³-hybridized carbons (Fsp3) is 0.438. The van der Waals surface area contributed by atoms with Crippen molar-refractivity contribution in [3.63, 3.8) is 0 Å². The molecule has 110 valence electrons. The summed E-state index contributed by atoms with van der Waals surface area (Å²) in [6, 6.07) is 1.60. The Morgan fingerprint density at radius 2 is 2.00 bits per heavy atom. The van der Waals surface area contributed by atoms with Crippen LogP contribution in [0, 0.1) is 6.92 Å². The van der Waals surface area contributed by atoms with Gasteiger partial charge in [0.05, 0.1) is 0 Å². The zero-order chi connectivity index (χ0) is 15.3. The lowest BCUT2D eigenvalue weighted by atomic mass is 9.97. The first-order valence-electron chi connectivity index (χ1n) is 6.50. The number of allylic oxidation sites excluding steroid dienone is 2. The van der Waals surface area contributed by atoms with Gasteiger partial charge in [0.25, 0.3) is 0 Å². The highest BCUT2D eigenvalue weighted by molar-refractivity contribution is 6.00. The summed E-state index contributed by atoms with van der Waals surface area (Å²) in [4.78, 5) is 11.8. The Bertz CT molecular complexity index is 526. The summed E-state index contributed by atoms with van der Waals surface area (Å²) < 4.78 is 10.5. The van der Waals surface area contributed by atoms with Crippen molar-refractivity contribution in [3.05, 3.63) is 34.4 Å². The number of hydrogen-bond acceptors (Lipinski definition) is 4. The molecule has 0 heterocycles. The van der Waals surface area contributed by atoms with Gasteiger partial charge in [-0.15, -0.1) is 0 Å². The number of aryl methyl sites for hydroxylation is 1. The predicted octanol–water partition coefficient (Wildman–Crippen LogP) is 3.39. The maximum atomic E-state index is 11.8. The molecule has 0 saturated carbocycles. The Hall–Kier alpha value is -1.81. The zero-order valence-corrected chi connectivity index (χ0v) is 12.7. The summed E-state index contributed by atoms with van der Waals surface area (Å²) in [6.45, 7) is 7.35. The van der Waals surface area contributed by atoms with Crippen LogP contribution >= 0.6 is 0 Å². The van der Waals surface area contributed by atoms with E-state index in [4.69, 9.17) is 9.47 Å². The normalized spacial score (nSPS) is 10.2. The number of ketones is 1. The minimum absolute atomic E-state index is 0.0327. The molecule has 1 aromatic carbocycles. The van der Waals surface area contributed by atoms with E-state index in [0.29, 0.717) is 12.2 Å². The molecular formula is C16H22O4. The van der Waals surface area contributed by atoms with E-state index in [2.05, 4.69) is 6.08 Å². The van der Waals surface area contributed by atoms with Gasteiger partial charge in [0.15, 0.2) is 12.6 Å². The van der Waals surface area contributed by atoms with Crippen molar-refractivity contribution < 1.29 is 19.4 Å². The Morgan fingerprint density at radius 1 is 1.35 bits per heavy atom. The number of benzene rings is 1. The average molecular weight is 278 g/mol. The molecule has 0 radical (unpaired) electrons. The molecule has 0 amide bonds. The van der Waals surface area contributed by atoms with Crippen LogP contribution in [-0.4, -0.2) is 24.8 Å². The third-order valence-corrected chi connectivity index (χ3v) is 2.97. The standard InChI is InChI=1S/C16H22O4/c1-10(2)6-7-13-11(3)8-14(18)15(12(4)17)16(13)20-9-19-5/h6,8,18H,7,9H2,1-5H3. The highest BCUT2D eigenvalue weighted by Crippen LogP contribution is 2.35. The Kier molecular flexibility index (Phi) is 5.77.